The highest BCUT2D eigenvalue weighted by Gasteiger charge is 2.29. The molecular formula is C8H18ClN3O4S2. The maximum absolute atomic E-state index is 11.9. The average molecular weight is 320 g/mol. The van der Waals surface area contributed by atoms with Gasteiger partial charge in [0.1, 0.15) is 0 Å². The van der Waals surface area contributed by atoms with E-state index in [0.29, 0.717) is 18.7 Å². The number of hydrogen-bond donors (Lipinski definition) is 1. The molecule has 1 heterocycles. The second kappa shape index (κ2) is 6.49. The lowest BCUT2D eigenvalue weighted by Crippen LogP contribution is -2.52. The molecule has 10 heteroatoms. The van der Waals surface area contributed by atoms with Crippen LogP contribution in [0.2, 0.25) is 0 Å². The Morgan fingerprint density at radius 2 is 1.44 bits per heavy atom. The minimum atomic E-state index is -3.72. The Morgan fingerprint density at radius 3 is 1.89 bits per heavy atom. The number of nitrogens with zero attached hydrogens (tertiary/aromatic N) is 2. The van der Waals surface area contributed by atoms with Crippen molar-refractivity contribution < 1.29 is 16.8 Å². The van der Waals surface area contributed by atoms with Crippen molar-refractivity contribution in [3.05, 3.63) is 0 Å². The first kappa shape index (κ1) is 16.1. The Morgan fingerprint density at radius 1 is 0.944 bits per heavy atom. The highest BCUT2D eigenvalue weighted by molar-refractivity contribution is 7.89. The van der Waals surface area contributed by atoms with Crippen LogP contribution in [-0.2, 0) is 20.2 Å². The topological polar surface area (TPSA) is 101 Å². The first-order valence-electron chi connectivity index (χ1n) is 5.59. The van der Waals surface area contributed by atoms with Crippen LogP contribution < -0.4 is 5.14 Å². The maximum Gasteiger partial charge on any atom is 0.276 e. The van der Waals surface area contributed by atoms with Crippen molar-refractivity contribution in [2.24, 2.45) is 5.14 Å². The summed E-state index contributed by atoms with van der Waals surface area (Å²) in [5.74, 6) is 0.490. The molecule has 0 radical (unpaired) electrons. The van der Waals surface area contributed by atoms with Gasteiger partial charge in [-0.25, -0.2) is 13.6 Å². The standard InChI is InChI=1S/C8H18ClN3O4S2/c9-3-1-2-8-17(13,14)11-4-6-12(7-5-11)18(10,15)16/h1-8H2,(H2,10,15,16). The monoisotopic (exact) mass is 319 g/mol. The van der Waals surface area contributed by atoms with Crippen LogP contribution in [0, 0.1) is 0 Å². The molecule has 0 bridgehead atoms. The molecule has 0 aliphatic carbocycles. The minimum absolute atomic E-state index is 0.0507. The summed E-state index contributed by atoms with van der Waals surface area (Å²) in [5.41, 5.74) is 0. The van der Waals surface area contributed by atoms with E-state index in [4.69, 9.17) is 16.7 Å². The van der Waals surface area contributed by atoms with E-state index >= 15 is 0 Å². The third-order valence-electron chi connectivity index (χ3n) is 2.74. The molecule has 0 saturated carbocycles. The van der Waals surface area contributed by atoms with Crippen LogP contribution in [0.5, 0.6) is 0 Å². The molecule has 0 aromatic rings. The first-order valence-corrected chi connectivity index (χ1v) is 9.24. The molecule has 1 fully saturated rings. The van der Waals surface area contributed by atoms with Crippen LogP contribution in [0.3, 0.4) is 0 Å². The predicted octanol–water partition coefficient (Wildman–Crippen LogP) is -0.844. The number of halogens is 1. The van der Waals surface area contributed by atoms with Gasteiger partial charge in [0.05, 0.1) is 5.75 Å². The van der Waals surface area contributed by atoms with Gasteiger partial charge < -0.3 is 0 Å². The van der Waals surface area contributed by atoms with Crippen molar-refractivity contribution in [1.82, 2.24) is 8.61 Å². The van der Waals surface area contributed by atoms with E-state index in [2.05, 4.69) is 0 Å². The molecule has 18 heavy (non-hydrogen) atoms. The van der Waals surface area contributed by atoms with Crippen molar-refractivity contribution >= 4 is 31.8 Å². The number of alkyl halides is 1. The fourth-order valence-corrected chi connectivity index (χ4v) is 4.12. The average Bonchev–Trinajstić information content (AvgIpc) is 2.28. The summed E-state index contributed by atoms with van der Waals surface area (Å²) < 4.78 is 48.3. The van der Waals surface area contributed by atoms with Crippen LogP contribution in [0.15, 0.2) is 0 Å². The number of unbranched alkanes of at least 4 members (excludes halogenated alkanes) is 1. The molecule has 2 N–H and O–H groups in total. The molecule has 0 unspecified atom stereocenters. The normalized spacial score (nSPS) is 20.1. The van der Waals surface area contributed by atoms with E-state index < -0.39 is 20.2 Å². The second-order valence-electron chi connectivity index (χ2n) is 4.06. The van der Waals surface area contributed by atoms with Crippen LogP contribution >= 0.6 is 11.6 Å². The van der Waals surface area contributed by atoms with Gasteiger partial charge in [-0.3, -0.25) is 0 Å². The highest BCUT2D eigenvalue weighted by atomic mass is 35.5. The fraction of sp³-hybridized carbons (Fsp3) is 1.00. The zero-order chi connectivity index (χ0) is 13.8. The van der Waals surface area contributed by atoms with E-state index in [-0.39, 0.29) is 31.9 Å². The molecule has 108 valence electrons. The van der Waals surface area contributed by atoms with Gasteiger partial charge in [0.25, 0.3) is 10.2 Å². The van der Waals surface area contributed by atoms with Gasteiger partial charge in [0.2, 0.25) is 10.0 Å². The summed E-state index contributed by atoms with van der Waals surface area (Å²) in [6.07, 6.45) is 1.17. The van der Waals surface area contributed by atoms with Gasteiger partial charge in [0.15, 0.2) is 0 Å². The largest absolute Gasteiger partial charge is 0.276 e. The zero-order valence-corrected chi connectivity index (χ0v) is 12.3. The maximum atomic E-state index is 11.9. The highest BCUT2D eigenvalue weighted by Crippen LogP contribution is 2.11. The lowest BCUT2D eigenvalue weighted by molar-refractivity contribution is 0.273. The Bertz CT molecular complexity index is 457. The Kier molecular flexibility index (Phi) is 5.81. The molecule has 1 rings (SSSR count). The lowest BCUT2D eigenvalue weighted by atomic mass is 10.4. The Hall–Kier alpha value is 0.0700. The zero-order valence-electron chi connectivity index (χ0n) is 9.96. The molecule has 7 nitrogen and oxygen atoms in total. The first-order chi connectivity index (χ1) is 8.27. The van der Waals surface area contributed by atoms with Crippen molar-refractivity contribution in [3.63, 3.8) is 0 Å². The van der Waals surface area contributed by atoms with Crippen LogP contribution in [0.1, 0.15) is 12.8 Å². The van der Waals surface area contributed by atoms with E-state index in [1.807, 2.05) is 0 Å². The van der Waals surface area contributed by atoms with E-state index in [1.54, 1.807) is 0 Å². The van der Waals surface area contributed by atoms with Crippen molar-refractivity contribution in [1.29, 1.82) is 0 Å². The summed E-state index contributed by atoms with van der Waals surface area (Å²) in [4.78, 5) is 0. The number of nitrogens with two attached hydrogens (primary N) is 1. The van der Waals surface area contributed by atoms with Gasteiger partial charge in [-0.2, -0.15) is 17.0 Å². The van der Waals surface area contributed by atoms with Crippen LogP contribution in [0.25, 0.3) is 0 Å². The van der Waals surface area contributed by atoms with E-state index in [0.717, 1.165) is 4.31 Å². The van der Waals surface area contributed by atoms with Gasteiger partial charge in [-0.1, -0.05) is 0 Å². The number of piperazine rings is 1. The molecule has 0 spiro atoms. The molecule has 0 aromatic carbocycles. The third-order valence-corrected chi connectivity index (χ3v) is 6.05. The van der Waals surface area contributed by atoms with E-state index in [9.17, 15) is 16.8 Å². The molecule has 0 amide bonds. The van der Waals surface area contributed by atoms with Gasteiger partial charge >= 0.3 is 0 Å². The van der Waals surface area contributed by atoms with E-state index in [1.165, 1.54) is 4.31 Å². The van der Waals surface area contributed by atoms with Crippen LogP contribution in [-0.4, -0.2) is 63.3 Å². The summed E-state index contributed by atoms with van der Waals surface area (Å²) in [6.45, 7) is 0.514. The van der Waals surface area contributed by atoms with Crippen LogP contribution in [0.4, 0.5) is 0 Å². The smallest absolute Gasteiger partial charge is 0.216 e. The fourth-order valence-electron chi connectivity index (χ4n) is 1.71. The number of rotatable bonds is 6. The predicted molar refractivity (Wildman–Crippen MR) is 70.0 cm³/mol. The summed E-state index contributed by atoms with van der Waals surface area (Å²) in [7, 11) is -7.03. The molecular weight excluding hydrogens is 302 g/mol. The Balaban J connectivity index is 2.52. The molecule has 0 atom stereocenters. The number of hydrogen-bond acceptors (Lipinski definition) is 4. The lowest BCUT2D eigenvalue weighted by Gasteiger charge is -2.32. The third kappa shape index (κ3) is 4.63. The van der Waals surface area contributed by atoms with Crippen molar-refractivity contribution in [2.45, 2.75) is 12.8 Å². The summed E-state index contributed by atoms with van der Waals surface area (Å²) in [5, 5.41) is 4.98. The van der Waals surface area contributed by atoms with Gasteiger partial charge in [-0.15, -0.1) is 11.6 Å². The summed E-state index contributed by atoms with van der Waals surface area (Å²) in [6, 6.07) is 0. The Labute approximate surface area is 113 Å². The summed E-state index contributed by atoms with van der Waals surface area (Å²) >= 11 is 5.49. The molecule has 1 aliphatic heterocycles. The van der Waals surface area contributed by atoms with Gasteiger partial charge in [0, 0.05) is 32.1 Å². The van der Waals surface area contributed by atoms with Crippen molar-refractivity contribution in [3.8, 4) is 0 Å². The molecule has 1 aliphatic rings. The minimum Gasteiger partial charge on any atom is -0.216 e. The molecule has 1 saturated heterocycles. The van der Waals surface area contributed by atoms with Crippen molar-refractivity contribution in [2.75, 3.05) is 37.8 Å². The second-order valence-corrected chi connectivity index (χ2v) is 8.07. The quantitative estimate of drug-likeness (QED) is 0.509. The number of sulfonamides is 1. The molecule has 0 aromatic heterocycles. The van der Waals surface area contributed by atoms with Gasteiger partial charge in [-0.05, 0) is 12.8 Å². The SMILES string of the molecule is NS(=O)(=O)N1CCN(S(=O)(=O)CCCCCl)CC1.